The minimum Gasteiger partial charge on any atom is -0.345 e. The molecule has 1 aromatic heterocycles. The summed E-state index contributed by atoms with van der Waals surface area (Å²) < 4.78 is 0. The van der Waals surface area contributed by atoms with Gasteiger partial charge in [-0.2, -0.15) is 0 Å². The molecule has 0 radical (unpaired) electrons. The summed E-state index contributed by atoms with van der Waals surface area (Å²) in [6, 6.07) is 7.94. The second kappa shape index (κ2) is 4.78. The number of rotatable bonds is 0. The van der Waals surface area contributed by atoms with Crippen molar-refractivity contribution in [1.82, 2.24) is 9.97 Å². The Kier molecular flexibility index (Phi) is 3.34. The number of H-pyrrole nitrogens is 1. The number of hydrogen-bond donors (Lipinski definition) is 1. The lowest BCUT2D eigenvalue weighted by molar-refractivity contribution is 1.34. The van der Waals surface area contributed by atoms with Gasteiger partial charge in [0.2, 0.25) is 0 Å². The van der Waals surface area contributed by atoms with Crippen LogP contribution in [0.2, 0.25) is 0 Å². The monoisotopic (exact) mass is 170 g/mol. The predicted octanol–water partition coefficient (Wildman–Crippen LogP) is 2.37. The van der Waals surface area contributed by atoms with Crippen LogP contribution in [0.3, 0.4) is 0 Å². The second-order valence-corrected chi connectivity index (χ2v) is 2.29. The van der Waals surface area contributed by atoms with Crippen molar-refractivity contribution in [1.29, 1.82) is 0 Å². The molecular weight excluding hydrogens is 160 g/mol. The van der Waals surface area contributed by atoms with Crippen molar-refractivity contribution >= 4 is 11.0 Å². The highest BCUT2D eigenvalue weighted by Gasteiger charge is 1.88. The van der Waals surface area contributed by atoms with E-state index in [2.05, 4.69) is 28.9 Å². The van der Waals surface area contributed by atoms with Gasteiger partial charge in [0.05, 0.1) is 17.4 Å². The van der Waals surface area contributed by atoms with Crippen LogP contribution in [0.1, 0.15) is 0 Å². The van der Waals surface area contributed by atoms with E-state index in [1.54, 1.807) is 6.33 Å². The summed E-state index contributed by atoms with van der Waals surface area (Å²) >= 11 is 0. The van der Waals surface area contributed by atoms with Gasteiger partial charge in [0.1, 0.15) is 0 Å². The van der Waals surface area contributed by atoms with E-state index in [-0.39, 0.29) is 0 Å². The number of allylic oxidation sites excluding steroid dienone is 1. The van der Waals surface area contributed by atoms with Gasteiger partial charge in [0.15, 0.2) is 0 Å². The number of para-hydroxylation sites is 2. The summed E-state index contributed by atoms with van der Waals surface area (Å²) in [5, 5.41) is 0. The first kappa shape index (κ1) is 9.08. The third kappa shape index (κ3) is 2.49. The fourth-order valence-electron chi connectivity index (χ4n) is 0.880. The standard InChI is InChI=1S/C7H6N2.C4H4/c1-2-4-7-6(3-1)8-5-9-7;1-3-4-2/h1-5H,(H,8,9);1,4H,2H2. The minimum absolute atomic E-state index is 1.03. The number of terminal acetylenes is 1. The lowest BCUT2D eigenvalue weighted by atomic mass is 10.3. The summed E-state index contributed by atoms with van der Waals surface area (Å²) in [5.41, 5.74) is 2.12. The molecule has 64 valence electrons. The number of nitrogens with one attached hydrogen (secondary N) is 1. The van der Waals surface area contributed by atoms with Crippen LogP contribution in [0.15, 0.2) is 43.2 Å². The van der Waals surface area contributed by atoms with Crippen molar-refractivity contribution in [2.75, 3.05) is 0 Å². The fourth-order valence-corrected chi connectivity index (χ4v) is 0.880. The summed E-state index contributed by atoms with van der Waals surface area (Å²) in [6.45, 7) is 3.24. The molecule has 0 atom stereocenters. The SMILES string of the molecule is C#CC=C.c1ccc2[nH]cnc2c1. The topological polar surface area (TPSA) is 28.7 Å². The number of imidazole rings is 1. The molecule has 0 aliphatic rings. The molecule has 0 aliphatic carbocycles. The molecule has 1 aromatic carbocycles. The van der Waals surface area contributed by atoms with Crippen LogP contribution < -0.4 is 0 Å². The van der Waals surface area contributed by atoms with E-state index in [0.717, 1.165) is 11.0 Å². The van der Waals surface area contributed by atoms with Crippen molar-refractivity contribution in [3.63, 3.8) is 0 Å². The van der Waals surface area contributed by atoms with Gasteiger partial charge < -0.3 is 4.98 Å². The first-order valence-corrected chi connectivity index (χ1v) is 3.83. The predicted molar refractivity (Wildman–Crippen MR) is 55.1 cm³/mol. The van der Waals surface area contributed by atoms with Crippen LogP contribution in [-0.2, 0) is 0 Å². The molecule has 13 heavy (non-hydrogen) atoms. The number of fused-ring (bicyclic) bond motifs is 1. The Bertz CT molecular complexity index is 391. The van der Waals surface area contributed by atoms with Crippen molar-refractivity contribution in [2.45, 2.75) is 0 Å². The smallest absolute Gasteiger partial charge is 0.0931 e. The molecule has 0 saturated heterocycles. The zero-order valence-electron chi connectivity index (χ0n) is 7.20. The summed E-state index contributed by atoms with van der Waals surface area (Å²) in [7, 11) is 0. The maximum atomic E-state index is 4.66. The Labute approximate surface area is 77.3 Å². The molecular formula is C11H10N2. The molecule has 1 N–H and O–H groups in total. The first-order chi connectivity index (χ1) is 6.38. The van der Waals surface area contributed by atoms with Gasteiger partial charge in [0.25, 0.3) is 0 Å². The maximum Gasteiger partial charge on any atom is 0.0931 e. The van der Waals surface area contributed by atoms with E-state index in [1.807, 2.05) is 24.3 Å². The first-order valence-electron chi connectivity index (χ1n) is 3.83. The Morgan fingerprint density at radius 1 is 1.46 bits per heavy atom. The van der Waals surface area contributed by atoms with Crippen LogP contribution >= 0.6 is 0 Å². The molecule has 0 bridgehead atoms. The Morgan fingerprint density at radius 2 is 2.15 bits per heavy atom. The van der Waals surface area contributed by atoms with Gasteiger partial charge in [-0.15, -0.1) is 6.42 Å². The molecule has 2 aromatic rings. The molecule has 0 fully saturated rings. The average Bonchev–Trinajstić information content (AvgIpc) is 2.66. The number of hydrogen-bond acceptors (Lipinski definition) is 1. The van der Waals surface area contributed by atoms with Crippen LogP contribution in [-0.4, -0.2) is 9.97 Å². The van der Waals surface area contributed by atoms with E-state index in [1.165, 1.54) is 6.08 Å². The van der Waals surface area contributed by atoms with E-state index in [0.29, 0.717) is 0 Å². The molecule has 0 aliphatic heterocycles. The number of benzene rings is 1. The molecule has 2 heteroatoms. The van der Waals surface area contributed by atoms with Gasteiger partial charge in [-0.05, 0) is 18.2 Å². The highest BCUT2D eigenvalue weighted by Crippen LogP contribution is 2.05. The largest absolute Gasteiger partial charge is 0.345 e. The van der Waals surface area contributed by atoms with Crippen molar-refractivity contribution < 1.29 is 0 Å². The quantitative estimate of drug-likeness (QED) is 0.604. The van der Waals surface area contributed by atoms with Crippen LogP contribution in [0.25, 0.3) is 11.0 Å². The molecule has 0 amide bonds. The highest BCUT2D eigenvalue weighted by molar-refractivity contribution is 5.73. The van der Waals surface area contributed by atoms with Crippen LogP contribution in [0, 0.1) is 12.3 Å². The maximum absolute atomic E-state index is 4.66. The Morgan fingerprint density at radius 3 is 2.77 bits per heavy atom. The van der Waals surface area contributed by atoms with E-state index in [4.69, 9.17) is 0 Å². The van der Waals surface area contributed by atoms with Crippen LogP contribution in [0.5, 0.6) is 0 Å². The van der Waals surface area contributed by atoms with Gasteiger partial charge in [-0.25, -0.2) is 4.98 Å². The third-order valence-electron chi connectivity index (χ3n) is 1.45. The number of aromatic amines is 1. The van der Waals surface area contributed by atoms with Crippen molar-refractivity contribution in [3.8, 4) is 12.3 Å². The average molecular weight is 170 g/mol. The highest BCUT2D eigenvalue weighted by atomic mass is 14.9. The normalized spacial score (nSPS) is 8.23. The van der Waals surface area contributed by atoms with Gasteiger partial charge in [-0.3, -0.25) is 0 Å². The Balaban J connectivity index is 0.000000184. The molecule has 0 saturated carbocycles. The fraction of sp³-hybridized carbons (Fsp3) is 0. The summed E-state index contributed by atoms with van der Waals surface area (Å²) in [5.74, 6) is 2.19. The lowest BCUT2D eigenvalue weighted by Crippen LogP contribution is -1.63. The van der Waals surface area contributed by atoms with E-state index in [9.17, 15) is 0 Å². The molecule has 0 unspecified atom stereocenters. The summed E-state index contributed by atoms with van der Waals surface area (Å²) in [4.78, 5) is 7.07. The van der Waals surface area contributed by atoms with Crippen LogP contribution in [0.4, 0.5) is 0 Å². The molecule has 2 nitrogen and oxygen atoms in total. The van der Waals surface area contributed by atoms with Gasteiger partial charge >= 0.3 is 0 Å². The lowest BCUT2D eigenvalue weighted by Gasteiger charge is -1.81. The minimum atomic E-state index is 1.03. The molecule has 0 spiro atoms. The molecule has 1 heterocycles. The van der Waals surface area contributed by atoms with E-state index >= 15 is 0 Å². The third-order valence-corrected chi connectivity index (χ3v) is 1.45. The van der Waals surface area contributed by atoms with Gasteiger partial charge in [-0.1, -0.05) is 24.6 Å². The second-order valence-electron chi connectivity index (χ2n) is 2.29. The van der Waals surface area contributed by atoms with Gasteiger partial charge in [0, 0.05) is 0 Å². The zero-order chi connectivity index (χ0) is 9.52. The number of nitrogens with zero attached hydrogens (tertiary/aromatic N) is 1. The Hall–Kier alpha value is -2.01. The van der Waals surface area contributed by atoms with Crippen molar-refractivity contribution in [2.24, 2.45) is 0 Å². The van der Waals surface area contributed by atoms with E-state index < -0.39 is 0 Å². The zero-order valence-corrected chi connectivity index (χ0v) is 7.20. The molecule has 2 rings (SSSR count). The summed E-state index contributed by atoms with van der Waals surface area (Å²) in [6.07, 6.45) is 7.76. The number of aromatic nitrogens is 2. The van der Waals surface area contributed by atoms with Crippen molar-refractivity contribution in [3.05, 3.63) is 43.2 Å².